The molecular formula is C16H13IO3. The van der Waals surface area contributed by atoms with Crippen molar-refractivity contribution in [3.63, 3.8) is 0 Å². The summed E-state index contributed by atoms with van der Waals surface area (Å²) in [5, 5.41) is 0. The molecular weight excluding hydrogens is 367 g/mol. The molecule has 0 aliphatic rings. The molecule has 0 amide bonds. The Labute approximate surface area is 131 Å². The first-order valence-electron chi connectivity index (χ1n) is 6.19. The molecule has 20 heavy (non-hydrogen) atoms. The summed E-state index contributed by atoms with van der Waals surface area (Å²) in [7, 11) is 0. The Morgan fingerprint density at radius 1 is 1.00 bits per heavy atom. The summed E-state index contributed by atoms with van der Waals surface area (Å²) >= 11 is 2.19. The molecule has 0 saturated heterocycles. The lowest BCUT2D eigenvalue weighted by Gasteiger charge is -2.05. The second kappa shape index (κ2) is 6.65. The highest BCUT2D eigenvalue weighted by molar-refractivity contribution is 14.1. The van der Waals surface area contributed by atoms with E-state index in [0.717, 1.165) is 3.57 Å². The van der Waals surface area contributed by atoms with Crippen molar-refractivity contribution in [3.8, 4) is 0 Å². The average molecular weight is 380 g/mol. The summed E-state index contributed by atoms with van der Waals surface area (Å²) in [5.74, 6) is -0.516. The van der Waals surface area contributed by atoms with Crippen LogP contribution >= 0.6 is 22.6 Å². The number of hydrogen-bond acceptors (Lipinski definition) is 3. The Morgan fingerprint density at radius 2 is 1.65 bits per heavy atom. The highest BCUT2D eigenvalue weighted by atomic mass is 127. The van der Waals surface area contributed by atoms with Crippen LogP contribution in [0.5, 0.6) is 0 Å². The van der Waals surface area contributed by atoms with Gasteiger partial charge in [-0.2, -0.15) is 0 Å². The normalized spacial score (nSPS) is 10.1. The fourth-order valence-corrected chi connectivity index (χ4v) is 2.13. The van der Waals surface area contributed by atoms with E-state index >= 15 is 0 Å². The minimum absolute atomic E-state index is 0.104. The van der Waals surface area contributed by atoms with Crippen molar-refractivity contribution in [3.05, 3.63) is 68.8 Å². The highest BCUT2D eigenvalue weighted by Crippen LogP contribution is 2.14. The van der Waals surface area contributed by atoms with Crippen LogP contribution in [0.25, 0.3) is 0 Å². The SMILES string of the molecule is CCOC(=O)c1cccc(C(=O)c2ccc(I)cc2)c1. The van der Waals surface area contributed by atoms with Gasteiger partial charge in [0.05, 0.1) is 12.2 Å². The fourth-order valence-electron chi connectivity index (χ4n) is 1.77. The van der Waals surface area contributed by atoms with Crippen LogP contribution in [-0.4, -0.2) is 18.4 Å². The summed E-state index contributed by atoms with van der Waals surface area (Å²) in [5.41, 5.74) is 1.48. The van der Waals surface area contributed by atoms with E-state index in [4.69, 9.17) is 4.74 Å². The van der Waals surface area contributed by atoms with Crippen molar-refractivity contribution < 1.29 is 14.3 Å². The third kappa shape index (κ3) is 3.45. The molecule has 0 N–H and O–H groups in total. The van der Waals surface area contributed by atoms with Gasteiger partial charge in [-0.1, -0.05) is 12.1 Å². The molecule has 0 unspecified atom stereocenters. The van der Waals surface area contributed by atoms with E-state index in [-0.39, 0.29) is 5.78 Å². The molecule has 0 atom stereocenters. The Balaban J connectivity index is 2.28. The van der Waals surface area contributed by atoms with Gasteiger partial charge in [-0.25, -0.2) is 4.79 Å². The second-order valence-corrected chi connectivity index (χ2v) is 5.38. The Kier molecular flexibility index (Phi) is 4.89. The Hall–Kier alpha value is -1.69. The molecule has 2 rings (SSSR count). The van der Waals surface area contributed by atoms with Gasteiger partial charge in [0, 0.05) is 14.7 Å². The quantitative estimate of drug-likeness (QED) is 0.462. The molecule has 0 aliphatic heterocycles. The third-order valence-corrected chi connectivity index (χ3v) is 3.46. The largest absolute Gasteiger partial charge is 0.462 e. The van der Waals surface area contributed by atoms with Crippen LogP contribution in [0.15, 0.2) is 48.5 Å². The number of ketones is 1. The topological polar surface area (TPSA) is 43.4 Å². The third-order valence-electron chi connectivity index (χ3n) is 2.74. The van der Waals surface area contributed by atoms with Crippen LogP contribution in [0.1, 0.15) is 33.2 Å². The molecule has 0 aliphatic carbocycles. The van der Waals surface area contributed by atoms with E-state index < -0.39 is 5.97 Å². The van der Waals surface area contributed by atoms with Gasteiger partial charge in [0.2, 0.25) is 0 Å². The lowest BCUT2D eigenvalue weighted by molar-refractivity contribution is 0.0526. The maximum absolute atomic E-state index is 12.3. The zero-order valence-electron chi connectivity index (χ0n) is 10.9. The monoisotopic (exact) mass is 380 g/mol. The van der Waals surface area contributed by atoms with Gasteiger partial charge in [-0.15, -0.1) is 0 Å². The van der Waals surface area contributed by atoms with Crippen LogP contribution in [0.2, 0.25) is 0 Å². The lowest BCUT2D eigenvalue weighted by Crippen LogP contribution is -2.07. The molecule has 0 aromatic heterocycles. The number of carbonyl (C=O) groups is 2. The van der Waals surface area contributed by atoms with Gasteiger partial charge in [0.1, 0.15) is 0 Å². The highest BCUT2D eigenvalue weighted by Gasteiger charge is 2.12. The van der Waals surface area contributed by atoms with E-state index in [9.17, 15) is 9.59 Å². The first kappa shape index (κ1) is 14.7. The average Bonchev–Trinajstić information content (AvgIpc) is 2.48. The zero-order chi connectivity index (χ0) is 14.5. The van der Waals surface area contributed by atoms with Crippen LogP contribution < -0.4 is 0 Å². The van der Waals surface area contributed by atoms with Crippen LogP contribution in [0.3, 0.4) is 0 Å². The minimum atomic E-state index is -0.412. The predicted octanol–water partition coefficient (Wildman–Crippen LogP) is 3.70. The van der Waals surface area contributed by atoms with Crippen molar-refractivity contribution in [1.29, 1.82) is 0 Å². The fraction of sp³-hybridized carbons (Fsp3) is 0.125. The molecule has 0 fully saturated rings. The van der Waals surface area contributed by atoms with Crippen LogP contribution in [-0.2, 0) is 4.74 Å². The summed E-state index contributed by atoms with van der Waals surface area (Å²) in [6.45, 7) is 2.06. The molecule has 2 aromatic carbocycles. The maximum atomic E-state index is 12.3. The number of carbonyl (C=O) groups excluding carboxylic acids is 2. The smallest absolute Gasteiger partial charge is 0.338 e. The van der Waals surface area contributed by atoms with Gasteiger partial charge in [-0.3, -0.25) is 4.79 Å². The molecule has 102 valence electrons. The zero-order valence-corrected chi connectivity index (χ0v) is 13.1. The van der Waals surface area contributed by atoms with E-state index in [1.54, 1.807) is 43.3 Å². The van der Waals surface area contributed by atoms with Gasteiger partial charge in [-0.05, 0) is 65.9 Å². The van der Waals surface area contributed by atoms with Crippen LogP contribution in [0.4, 0.5) is 0 Å². The number of rotatable bonds is 4. The molecule has 3 nitrogen and oxygen atoms in total. The number of hydrogen-bond donors (Lipinski definition) is 0. The van der Waals surface area contributed by atoms with E-state index in [2.05, 4.69) is 22.6 Å². The molecule has 4 heteroatoms. The number of esters is 1. The molecule has 0 spiro atoms. The standard InChI is InChI=1S/C16H13IO3/c1-2-20-16(19)13-5-3-4-12(10-13)15(18)11-6-8-14(17)9-7-11/h3-10H,2H2,1H3. The van der Waals surface area contributed by atoms with Crippen molar-refractivity contribution >= 4 is 34.3 Å². The molecule has 0 saturated carbocycles. The van der Waals surface area contributed by atoms with Crippen molar-refractivity contribution in [2.75, 3.05) is 6.61 Å². The summed E-state index contributed by atoms with van der Waals surface area (Å²) in [6, 6.07) is 13.9. The molecule has 0 heterocycles. The van der Waals surface area contributed by atoms with Crippen molar-refractivity contribution in [2.45, 2.75) is 6.92 Å². The van der Waals surface area contributed by atoms with Gasteiger partial charge in [0.15, 0.2) is 5.78 Å². The minimum Gasteiger partial charge on any atom is -0.462 e. The van der Waals surface area contributed by atoms with Gasteiger partial charge < -0.3 is 4.74 Å². The number of ether oxygens (including phenoxy) is 1. The van der Waals surface area contributed by atoms with E-state index in [0.29, 0.717) is 23.3 Å². The lowest BCUT2D eigenvalue weighted by atomic mass is 10.0. The van der Waals surface area contributed by atoms with Crippen LogP contribution in [0, 0.1) is 3.57 Å². The molecule has 2 aromatic rings. The van der Waals surface area contributed by atoms with Crippen molar-refractivity contribution in [2.24, 2.45) is 0 Å². The Bertz CT molecular complexity index is 632. The van der Waals surface area contributed by atoms with E-state index in [1.165, 1.54) is 0 Å². The predicted molar refractivity (Wildman–Crippen MR) is 85.0 cm³/mol. The van der Waals surface area contributed by atoms with Gasteiger partial charge >= 0.3 is 5.97 Å². The second-order valence-electron chi connectivity index (χ2n) is 4.14. The van der Waals surface area contributed by atoms with Crippen molar-refractivity contribution in [1.82, 2.24) is 0 Å². The number of benzene rings is 2. The Morgan fingerprint density at radius 3 is 2.30 bits per heavy atom. The number of halogens is 1. The summed E-state index contributed by atoms with van der Waals surface area (Å²) in [6.07, 6.45) is 0. The molecule has 0 radical (unpaired) electrons. The molecule has 0 bridgehead atoms. The first-order valence-corrected chi connectivity index (χ1v) is 7.27. The maximum Gasteiger partial charge on any atom is 0.338 e. The summed E-state index contributed by atoms with van der Waals surface area (Å²) < 4.78 is 6.00. The first-order chi connectivity index (χ1) is 9.61. The van der Waals surface area contributed by atoms with Gasteiger partial charge in [0.25, 0.3) is 0 Å². The summed E-state index contributed by atoms with van der Waals surface area (Å²) in [4.78, 5) is 24.0. The van der Waals surface area contributed by atoms with E-state index in [1.807, 2.05) is 12.1 Å².